The molecule has 3 aromatic carbocycles. The molecule has 4 rings (SSSR count). The number of benzene rings is 3. The number of carbonyl (C=O) groups is 1. The van der Waals surface area contributed by atoms with Crippen molar-refractivity contribution in [3.8, 4) is 0 Å². The van der Waals surface area contributed by atoms with Gasteiger partial charge in [-0.25, -0.2) is 0 Å². The molecule has 0 bridgehead atoms. The van der Waals surface area contributed by atoms with Gasteiger partial charge in [0.05, 0.1) is 10.0 Å². The predicted octanol–water partition coefficient (Wildman–Crippen LogP) is 6.04. The first-order valence-corrected chi connectivity index (χ1v) is 9.76. The van der Waals surface area contributed by atoms with E-state index in [0.717, 1.165) is 12.0 Å². The van der Waals surface area contributed by atoms with Gasteiger partial charge < -0.3 is 5.32 Å². The van der Waals surface area contributed by atoms with Gasteiger partial charge in [-0.1, -0.05) is 71.7 Å². The van der Waals surface area contributed by atoms with Gasteiger partial charge in [0.15, 0.2) is 0 Å². The van der Waals surface area contributed by atoms with Crippen LogP contribution in [0.1, 0.15) is 45.3 Å². The van der Waals surface area contributed by atoms with E-state index >= 15 is 0 Å². The van der Waals surface area contributed by atoms with Crippen molar-refractivity contribution in [1.82, 2.24) is 5.32 Å². The Morgan fingerprint density at radius 3 is 2.33 bits per heavy atom. The van der Waals surface area contributed by atoms with Crippen molar-refractivity contribution in [3.05, 3.63) is 105 Å². The van der Waals surface area contributed by atoms with Gasteiger partial charge >= 0.3 is 0 Å². The topological polar surface area (TPSA) is 29.1 Å². The van der Waals surface area contributed by atoms with E-state index in [0.29, 0.717) is 22.2 Å². The van der Waals surface area contributed by atoms with Gasteiger partial charge in [0.1, 0.15) is 0 Å². The van der Waals surface area contributed by atoms with Crippen LogP contribution in [0.15, 0.2) is 72.8 Å². The lowest BCUT2D eigenvalue weighted by molar-refractivity contribution is 0.0951. The summed E-state index contributed by atoms with van der Waals surface area (Å²) < 4.78 is 0. The standard InChI is InChI=1S/C23H19Cl2NO/c24-21-11-10-16(13-22(21)25)20-12-17(18-8-4-5-9-19(18)20)14-26-23(27)15-6-2-1-3-7-15/h1-11,13,17,20H,12,14H2,(H,26,27)/t17-,20+/m1/s1. The van der Waals surface area contributed by atoms with Crippen LogP contribution in [-0.2, 0) is 0 Å². The van der Waals surface area contributed by atoms with Crippen LogP contribution in [0.5, 0.6) is 0 Å². The third-order valence-electron chi connectivity index (χ3n) is 5.22. The van der Waals surface area contributed by atoms with Gasteiger partial charge in [-0.15, -0.1) is 0 Å². The average molecular weight is 396 g/mol. The minimum Gasteiger partial charge on any atom is -0.351 e. The van der Waals surface area contributed by atoms with Crippen LogP contribution < -0.4 is 5.32 Å². The van der Waals surface area contributed by atoms with E-state index in [2.05, 4.69) is 29.6 Å². The molecule has 3 aromatic rings. The quantitative estimate of drug-likeness (QED) is 0.572. The van der Waals surface area contributed by atoms with E-state index in [1.807, 2.05) is 48.5 Å². The summed E-state index contributed by atoms with van der Waals surface area (Å²) in [5, 5.41) is 4.23. The molecule has 0 heterocycles. The molecule has 2 atom stereocenters. The summed E-state index contributed by atoms with van der Waals surface area (Å²) in [5.74, 6) is 0.494. The minimum absolute atomic E-state index is 0.0360. The second-order valence-electron chi connectivity index (χ2n) is 6.86. The van der Waals surface area contributed by atoms with E-state index in [-0.39, 0.29) is 17.7 Å². The van der Waals surface area contributed by atoms with Gasteiger partial charge in [0.25, 0.3) is 5.91 Å². The first-order valence-electron chi connectivity index (χ1n) is 9.00. The molecule has 1 N–H and O–H groups in total. The number of rotatable bonds is 4. The van der Waals surface area contributed by atoms with Crippen molar-refractivity contribution < 1.29 is 4.79 Å². The summed E-state index contributed by atoms with van der Waals surface area (Å²) in [4.78, 5) is 12.4. The Bertz CT molecular complexity index is 971. The molecule has 27 heavy (non-hydrogen) atoms. The summed E-state index contributed by atoms with van der Waals surface area (Å²) in [7, 11) is 0. The van der Waals surface area contributed by atoms with E-state index in [1.54, 1.807) is 0 Å². The molecular formula is C23H19Cl2NO. The zero-order valence-electron chi connectivity index (χ0n) is 14.7. The Morgan fingerprint density at radius 1 is 0.889 bits per heavy atom. The molecule has 136 valence electrons. The molecular weight excluding hydrogens is 377 g/mol. The lowest BCUT2D eigenvalue weighted by atomic mass is 9.93. The lowest BCUT2D eigenvalue weighted by Gasteiger charge is -2.14. The molecule has 0 spiro atoms. The zero-order chi connectivity index (χ0) is 18.8. The Labute approximate surface area is 169 Å². The highest BCUT2D eigenvalue weighted by Crippen LogP contribution is 2.45. The third-order valence-corrected chi connectivity index (χ3v) is 5.96. The van der Waals surface area contributed by atoms with Crippen LogP contribution in [-0.4, -0.2) is 12.5 Å². The fraction of sp³-hybridized carbons (Fsp3) is 0.174. The molecule has 2 nitrogen and oxygen atoms in total. The number of hydrogen-bond acceptors (Lipinski definition) is 1. The molecule has 1 aliphatic rings. The Morgan fingerprint density at radius 2 is 1.59 bits per heavy atom. The molecule has 4 heteroatoms. The number of hydrogen-bond donors (Lipinski definition) is 1. The van der Waals surface area contributed by atoms with Crippen molar-refractivity contribution in [3.63, 3.8) is 0 Å². The van der Waals surface area contributed by atoms with Crippen LogP contribution in [0.4, 0.5) is 0 Å². The summed E-state index contributed by atoms with van der Waals surface area (Å²) in [6, 6.07) is 23.6. The van der Waals surface area contributed by atoms with Crippen LogP contribution in [0, 0.1) is 0 Å². The Balaban J connectivity index is 1.55. The fourth-order valence-electron chi connectivity index (χ4n) is 3.88. The third kappa shape index (κ3) is 3.73. The summed E-state index contributed by atoms with van der Waals surface area (Å²) in [6.07, 6.45) is 0.937. The van der Waals surface area contributed by atoms with Crippen LogP contribution >= 0.6 is 23.2 Å². The Kier molecular flexibility index (Phi) is 5.20. The molecule has 0 aromatic heterocycles. The highest BCUT2D eigenvalue weighted by molar-refractivity contribution is 6.42. The van der Waals surface area contributed by atoms with Crippen molar-refractivity contribution in [1.29, 1.82) is 0 Å². The van der Waals surface area contributed by atoms with Crippen LogP contribution in [0.25, 0.3) is 0 Å². The molecule has 0 fully saturated rings. The number of carbonyl (C=O) groups excluding carboxylic acids is 1. The average Bonchev–Trinajstić information content (AvgIpc) is 3.08. The number of nitrogens with one attached hydrogen (secondary N) is 1. The van der Waals surface area contributed by atoms with Gasteiger partial charge in [0, 0.05) is 23.9 Å². The normalized spacial score (nSPS) is 18.1. The van der Waals surface area contributed by atoms with Gasteiger partial charge in [0.2, 0.25) is 0 Å². The second kappa shape index (κ2) is 7.75. The van der Waals surface area contributed by atoms with E-state index in [1.165, 1.54) is 11.1 Å². The number of fused-ring (bicyclic) bond motifs is 1. The SMILES string of the molecule is O=C(NC[C@H]1C[C@@H](c2ccc(Cl)c(Cl)c2)c2ccccc21)c1ccccc1. The maximum Gasteiger partial charge on any atom is 0.251 e. The monoisotopic (exact) mass is 395 g/mol. The molecule has 0 saturated heterocycles. The zero-order valence-corrected chi connectivity index (χ0v) is 16.2. The maximum absolute atomic E-state index is 12.4. The highest BCUT2D eigenvalue weighted by atomic mass is 35.5. The van der Waals surface area contributed by atoms with Crippen molar-refractivity contribution in [2.24, 2.45) is 0 Å². The summed E-state index contributed by atoms with van der Waals surface area (Å²) in [5.41, 5.74) is 4.44. The molecule has 0 radical (unpaired) electrons. The maximum atomic E-state index is 12.4. The highest BCUT2D eigenvalue weighted by Gasteiger charge is 2.32. The molecule has 0 aliphatic heterocycles. The van der Waals surface area contributed by atoms with E-state index in [9.17, 15) is 4.79 Å². The lowest BCUT2D eigenvalue weighted by Crippen LogP contribution is -2.27. The number of amides is 1. The Hall–Kier alpha value is -2.29. The first-order chi connectivity index (χ1) is 13.1. The minimum atomic E-state index is -0.0360. The van der Waals surface area contributed by atoms with Crippen LogP contribution in [0.2, 0.25) is 10.0 Å². The fourth-order valence-corrected chi connectivity index (χ4v) is 4.19. The first kappa shape index (κ1) is 18.1. The smallest absolute Gasteiger partial charge is 0.251 e. The van der Waals surface area contributed by atoms with Gasteiger partial charge in [-0.05, 0) is 47.4 Å². The van der Waals surface area contributed by atoms with Gasteiger partial charge in [-0.2, -0.15) is 0 Å². The summed E-state index contributed by atoms with van der Waals surface area (Å²) >= 11 is 12.3. The van der Waals surface area contributed by atoms with Crippen molar-refractivity contribution in [2.75, 3.05) is 6.54 Å². The molecule has 1 aliphatic carbocycles. The van der Waals surface area contributed by atoms with Gasteiger partial charge in [-0.3, -0.25) is 4.79 Å². The largest absolute Gasteiger partial charge is 0.351 e. The predicted molar refractivity (Wildman–Crippen MR) is 111 cm³/mol. The van der Waals surface area contributed by atoms with E-state index < -0.39 is 0 Å². The molecule has 0 saturated carbocycles. The van der Waals surface area contributed by atoms with Crippen LogP contribution in [0.3, 0.4) is 0 Å². The molecule has 1 amide bonds. The van der Waals surface area contributed by atoms with Crippen molar-refractivity contribution >= 4 is 29.1 Å². The molecule has 0 unspecified atom stereocenters. The summed E-state index contributed by atoms with van der Waals surface area (Å²) in [6.45, 7) is 0.614. The van der Waals surface area contributed by atoms with Crippen molar-refractivity contribution in [2.45, 2.75) is 18.3 Å². The van der Waals surface area contributed by atoms with E-state index in [4.69, 9.17) is 23.2 Å². The number of halogens is 2. The second-order valence-corrected chi connectivity index (χ2v) is 7.68.